The van der Waals surface area contributed by atoms with Gasteiger partial charge in [-0.2, -0.15) is 0 Å². The van der Waals surface area contributed by atoms with E-state index < -0.39 is 0 Å². The number of benzene rings is 1. The Labute approximate surface area is 152 Å². The molecular weight excluding hydrogens is 370 g/mol. The largest absolute Gasteiger partial charge is 0.356 e. The van der Waals surface area contributed by atoms with E-state index >= 15 is 0 Å². The molecule has 0 bridgehead atoms. The molecular formula is C18H26BrN3O2. The number of nitrogens with zero attached hydrogens (tertiary/aromatic N) is 1. The minimum Gasteiger partial charge on any atom is -0.356 e. The molecule has 24 heavy (non-hydrogen) atoms. The number of aryl methyl sites for hydroxylation is 1. The number of rotatable bonds is 5. The lowest BCUT2D eigenvalue weighted by molar-refractivity contribution is -0.126. The number of amides is 2. The van der Waals surface area contributed by atoms with E-state index in [0.717, 1.165) is 29.3 Å². The molecule has 0 spiro atoms. The predicted octanol–water partition coefficient (Wildman–Crippen LogP) is 2.46. The topological polar surface area (TPSA) is 75.4 Å². The zero-order valence-corrected chi connectivity index (χ0v) is 15.9. The third kappa shape index (κ3) is 5.05. The first-order valence-corrected chi connectivity index (χ1v) is 9.26. The number of carbonyl (C=O) groups is 2. The van der Waals surface area contributed by atoms with Crippen LogP contribution in [0.2, 0.25) is 0 Å². The van der Waals surface area contributed by atoms with Crippen molar-refractivity contribution in [3.8, 4) is 0 Å². The van der Waals surface area contributed by atoms with Crippen LogP contribution in [0.1, 0.15) is 42.1 Å². The molecule has 1 saturated heterocycles. The van der Waals surface area contributed by atoms with Crippen molar-refractivity contribution in [2.24, 2.45) is 11.7 Å². The van der Waals surface area contributed by atoms with Crippen molar-refractivity contribution in [2.45, 2.75) is 39.2 Å². The van der Waals surface area contributed by atoms with Gasteiger partial charge < -0.3 is 16.0 Å². The van der Waals surface area contributed by atoms with Gasteiger partial charge in [0, 0.05) is 35.7 Å². The summed E-state index contributed by atoms with van der Waals surface area (Å²) in [5, 5.41) is 2.94. The molecule has 1 fully saturated rings. The molecule has 1 aliphatic heterocycles. The summed E-state index contributed by atoms with van der Waals surface area (Å²) in [6, 6.07) is 5.74. The summed E-state index contributed by atoms with van der Waals surface area (Å²) in [4.78, 5) is 26.9. The maximum atomic E-state index is 12.8. The van der Waals surface area contributed by atoms with Crippen molar-refractivity contribution in [2.75, 3.05) is 19.6 Å². The Bertz CT molecular complexity index is 604. The van der Waals surface area contributed by atoms with Gasteiger partial charge in [-0.3, -0.25) is 9.59 Å². The molecule has 6 heteroatoms. The molecule has 132 valence electrons. The van der Waals surface area contributed by atoms with Crippen LogP contribution in [0.4, 0.5) is 0 Å². The third-order valence-electron chi connectivity index (χ3n) is 4.40. The van der Waals surface area contributed by atoms with E-state index in [4.69, 9.17) is 5.73 Å². The quantitative estimate of drug-likeness (QED) is 0.803. The average Bonchev–Trinajstić information content (AvgIpc) is 2.54. The van der Waals surface area contributed by atoms with Crippen LogP contribution in [0.15, 0.2) is 22.7 Å². The van der Waals surface area contributed by atoms with Gasteiger partial charge >= 0.3 is 0 Å². The monoisotopic (exact) mass is 395 g/mol. The van der Waals surface area contributed by atoms with Crippen molar-refractivity contribution >= 4 is 27.7 Å². The normalized spacial score (nSPS) is 19.0. The summed E-state index contributed by atoms with van der Waals surface area (Å²) < 4.78 is 0.960. The van der Waals surface area contributed by atoms with Gasteiger partial charge in [-0.15, -0.1) is 0 Å². The van der Waals surface area contributed by atoms with E-state index in [1.54, 1.807) is 4.90 Å². The van der Waals surface area contributed by atoms with Crippen LogP contribution in [0.3, 0.4) is 0 Å². The highest BCUT2D eigenvalue weighted by Gasteiger charge is 2.29. The summed E-state index contributed by atoms with van der Waals surface area (Å²) in [7, 11) is 0. The fourth-order valence-corrected chi connectivity index (χ4v) is 3.46. The van der Waals surface area contributed by atoms with Crippen LogP contribution in [-0.4, -0.2) is 42.4 Å². The minimum atomic E-state index is -0.133. The highest BCUT2D eigenvalue weighted by Crippen LogP contribution is 2.22. The van der Waals surface area contributed by atoms with Gasteiger partial charge in [-0.1, -0.05) is 15.9 Å². The molecule has 0 aromatic heterocycles. The summed E-state index contributed by atoms with van der Waals surface area (Å²) >= 11 is 3.42. The first kappa shape index (κ1) is 18.9. The van der Waals surface area contributed by atoms with Gasteiger partial charge in [0.15, 0.2) is 0 Å². The SMILES string of the molecule is Cc1cc(Br)ccc1C(=O)N1CCCC(C(=O)NCCC(C)N)C1. The Kier molecular flexibility index (Phi) is 6.80. The number of piperidine rings is 1. The number of halogens is 1. The van der Waals surface area contributed by atoms with Crippen molar-refractivity contribution in [3.05, 3.63) is 33.8 Å². The number of hydrogen-bond donors (Lipinski definition) is 2. The Morgan fingerprint density at radius 1 is 1.46 bits per heavy atom. The van der Waals surface area contributed by atoms with E-state index in [0.29, 0.717) is 25.2 Å². The number of likely N-dealkylation sites (tertiary alicyclic amines) is 1. The molecule has 0 saturated carbocycles. The molecule has 0 radical (unpaired) electrons. The predicted molar refractivity (Wildman–Crippen MR) is 98.8 cm³/mol. The van der Waals surface area contributed by atoms with E-state index in [-0.39, 0.29) is 23.8 Å². The van der Waals surface area contributed by atoms with Crippen molar-refractivity contribution in [1.29, 1.82) is 0 Å². The molecule has 2 atom stereocenters. The summed E-state index contributed by atoms with van der Waals surface area (Å²) in [6.07, 6.45) is 2.44. The highest BCUT2D eigenvalue weighted by atomic mass is 79.9. The van der Waals surface area contributed by atoms with Crippen molar-refractivity contribution in [1.82, 2.24) is 10.2 Å². The standard InChI is InChI=1S/C18H26BrN3O2/c1-12-10-15(19)5-6-16(12)18(24)22-9-3-4-14(11-22)17(23)21-8-7-13(2)20/h5-6,10,13-14H,3-4,7-9,11,20H2,1-2H3,(H,21,23). The summed E-state index contributed by atoms with van der Waals surface area (Å²) in [5.41, 5.74) is 7.35. The minimum absolute atomic E-state index is 0.00748. The Balaban J connectivity index is 1.97. The summed E-state index contributed by atoms with van der Waals surface area (Å²) in [5.74, 6) is -0.0970. The van der Waals surface area contributed by atoms with Crippen LogP contribution in [0.5, 0.6) is 0 Å². The number of carbonyl (C=O) groups excluding carboxylic acids is 2. The van der Waals surface area contributed by atoms with Gasteiger partial charge in [0.2, 0.25) is 5.91 Å². The molecule has 1 heterocycles. The van der Waals surface area contributed by atoms with Gasteiger partial charge in [0.25, 0.3) is 5.91 Å². The lowest BCUT2D eigenvalue weighted by Crippen LogP contribution is -2.46. The fraction of sp³-hybridized carbons (Fsp3) is 0.556. The first-order chi connectivity index (χ1) is 11.4. The molecule has 0 aliphatic carbocycles. The van der Waals surface area contributed by atoms with E-state index in [1.165, 1.54) is 0 Å². The maximum absolute atomic E-state index is 12.8. The Hall–Kier alpha value is -1.40. The first-order valence-electron chi connectivity index (χ1n) is 8.47. The van der Waals surface area contributed by atoms with E-state index in [2.05, 4.69) is 21.2 Å². The van der Waals surface area contributed by atoms with Gasteiger partial charge in [-0.05, 0) is 56.9 Å². The maximum Gasteiger partial charge on any atom is 0.254 e. The second kappa shape index (κ2) is 8.62. The van der Waals surface area contributed by atoms with Gasteiger partial charge in [0.05, 0.1) is 5.92 Å². The Morgan fingerprint density at radius 3 is 2.88 bits per heavy atom. The second-order valence-corrected chi connectivity index (χ2v) is 7.52. The molecule has 5 nitrogen and oxygen atoms in total. The molecule has 2 amide bonds. The van der Waals surface area contributed by atoms with E-state index in [9.17, 15) is 9.59 Å². The van der Waals surface area contributed by atoms with Crippen LogP contribution in [0.25, 0.3) is 0 Å². The second-order valence-electron chi connectivity index (χ2n) is 6.61. The highest BCUT2D eigenvalue weighted by molar-refractivity contribution is 9.10. The van der Waals surface area contributed by atoms with Crippen LogP contribution < -0.4 is 11.1 Å². The Morgan fingerprint density at radius 2 is 2.21 bits per heavy atom. The van der Waals surface area contributed by atoms with E-state index in [1.807, 2.05) is 32.0 Å². The molecule has 2 rings (SSSR count). The van der Waals surface area contributed by atoms with Crippen LogP contribution in [-0.2, 0) is 4.79 Å². The lowest BCUT2D eigenvalue weighted by Gasteiger charge is -2.32. The molecule has 1 aliphatic rings. The molecule has 3 N–H and O–H groups in total. The lowest BCUT2D eigenvalue weighted by atomic mass is 9.96. The summed E-state index contributed by atoms with van der Waals surface area (Å²) in [6.45, 7) is 5.64. The number of nitrogens with one attached hydrogen (secondary N) is 1. The smallest absolute Gasteiger partial charge is 0.254 e. The average molecular weight is 396 g/mol. The fourth-order valence-electron chi connectivity index (χ4n) is 2.98. The molecule has 2 unspecified atom stereocenters. The van der Waals surface area contributed by atoms with Crippen molar-refractivity contribution in [3.63, 3.8) is 0 Å². The number of hydrogen-bond acceptors (Lipinski definition) is 3. The molecule has 1 aromatic carbocycles. The van der Waals surface area contributed by atoms with Gasteiger partial charge in [0.1, 0.15) is 0 Å². The zero-order chi connectivity index (χ0) is 17.7. The van der Waals surface area contributed by atoms with Crippen molar-refractivity contribution < 1.29 is 9.59 Å². The van der Waals surface area contributed by atoms with Crippen LogP contribution in [0, 0.1) is 12.8 Å². The number of nitrogens with two attached hydrogens (primary N) is 1. The third-order valence-corrected chi connectivity index (χ3v) is 4.89. The van der Waals surface area contributed by atoms with Gasteiger partial charge in [-0.25, -0.2) is 0 Å². The zero-order valence-electron chi connectivity index (χ0n) is 14.3. The molecule has 1 aromatic rings. The van der Waals surface area contributed by atoms with Crippen LogP contribution >= 0.6 is 15.9 Å².